The van der Waals surface area contributed by atoms with E-state index in [0.29, 0.717) is 5.52 Å². The number of para-hydroxylation sites is 1. The van der Waals surface area contributed by atoms with Crippen LogP contribution in [-0.2, 0) is 10.0 Å². The fourth-order valence-electron chi connectivity index (χ4n) is 2.68. The zero-order valence-corrected chi connectivity index (χ0v) is 15.5. The lowest BCUT2D eigenvalue weighted by Gasteiger charge is -2.21. The van der Waals surface area contributed by atoms with Crippen molar-refractivity contribution in [3.8, 4) is 0 Å². The molecule has 1 N–H and O–H groups in total. The Morgan fingerprint density at radius 1 is 1.17 bits per heavy atom. The molecule has 0 aliphatic rings. The summed E-state index contributed by atoms with van der Waals surface area (Å²) in [5, 5.41) is 2.79. The highest BCUT2D eigenvalue weighted by molar-refractivity contribution is 7.89. The number of aromatic nitrogens is 1. The first-order chi connectivity index (χ1) is 11.4. The van der Waals surface area contributed by atoms with E-state index in [-0.39, 0.29) is 16.9 Å². The first kappa shape index (κ1) is 17.1. The minimum absolute atomic E-state index is 0.142. The second-order valence-electron chi connectivity index (χ2n) is 6.20. The van der Waals surface area contributed by atoms with Crippen molar-refractivity contribution in [2.24, 2.45) is 5.92 Å². The summed E-state index contributed by atoms with van der Waals surface area (Å²) in [4.78, 5) is 5.58. The Hall–Kier alpha value is -1.76. The van der Waals surface area contributed by atoms with Crippen molar-refractivity contribution in [3.05, 3.63) is 58.4 Å². The van der Waals surface area contributed by atoms with E-state index < -0.39 is 10.0 Å². The molecule has 0 radical (unpaired) electrons. The third-order valence-corrected chi connectivity index (χ3v) is 6.33. The molecular weight excluding hydrogens is 340 g/mol. The number of hydrogen-bond acceptors (Lipinski definition) is 4. The van der Waals surface area contributed by atoms with Crippen molar-refractivity contribution in [1.82, 2.24) is 9.71 Å². The van der Waals surface area contributed by atoms with Gasteiger partial charge in [-0.2, -0.15) is 0 Å². The molecule has 126 valence electrons. The summed E-state index contributed by atoms with van der Waals surface area (Å²) in [5.41, 5.74) is 1.51. The van der Waals surface area contributed by atoms with E-state index in [1.807, 2.05) is 50.4 Å². The van der Waals surface area contributed by atoms with Gasteiger partial charge < -0.3 is 0 Å². The number of pyridine rings is 1. The molecule has 6 heteroatoms. The molecule has 3 rings (SSSR count). The predicted molar refractivity (Wildman–Crippen MR) is 98.7 cm³/mol. The van der Waals surface area contributed by atoms with E-state index in [2.05, 4.69) is 9.71 Å². The summed E-state index contributed by atoms with van der Waals surface area (Å²) in [6.45, 7) is 5.96. The molecule has 0 fully saturated rings. The lowest BCUT2D eigenvalue weighted by Crippen LogP contribution is -2.31. The summed E-state index contributed by atoms with van der Waals surface area (Å²) >= 11 is 1.56. The second-order valence-corrected chi connectivity index (χ2v) is 8.86. The number of aryl methyl sites for hydroxylation is 1. The Labute approximate surface area is 146 Å². The van der Waals surface area contributed by atoms with Crippen LogP contribution < -0.4 is 4.72 Å². The summed E-state index contributed by atoms with van der Waals surface area (Å²) < 4.78 is 28.9. The van der Waals surface area contributed by atoms with Crippen molar-refractivity contribution in [3.63, 3.8) is 0 Å². The molecule has 24 heavy (non-hydrogen) atoms. The number of fused-ring (bicyclic) bond motifs is 1. The highest BCUT2D eigenvalue weighted by atomic mass is 32.2. The van der Waals surface area contributed by atoms with E-state index in [9.17, 15) is 8.42 Å². The molecule has 2 heterocycles. The topological polar surface area (TPSA) is 59.1 Å². The Balaban J connectivity index is 2.05. The van der Waals surface area contributed by atoms with Crippen molar-refractivity contribution in [1.29, 1.82) is 0 Å². The van der Waals surface area contributed by atoms with Gasteiger partial charge in [0.1, 0.15) is 4.90 Å². The van der Waals surface area contributed by atoms with Gasteiger partial charge in [0, 0.05) is 16.5 Å². The van der Waals surface area contributed by atoms with Crippen LogP contribution in [0.25, 0.3) is 10.9 Å². The van der Waals surface area contributed by atoms with Crippen LogP contribution in [0.2, 0.25) is 0 Å². The average molecular weight is 361 g/mol. The minimum atomic E-state index is -3.68. The average Bonchev–Trinajstić information content (AvgIpc) is 3.05. The number of hydrogen-bond donors (Lipinski definition) is 1. The molecule has 0 aliphatic carbocycles. The van der Waals surface area contributed by atoms with Crippen LogP contribution in [0.4, 0.5) is 0 Å². The quantitative estimate of drug-likeness (QED) is 0.739. The number of nitrogens with one attached hydrogen (secondary N) is 1. The minimum Gasteiger partial charge on any atom is -0.255 e. The van der Waals surface area contributed by atoms with Crippen molar-refractivity contribution < 1.29 is 8.42 Å². The highest BCUT2D eigenvalue weighted by Gasteiger charge is 2.26. The smallest absolute Gasteiger partial charge is 0.243 e. The van der Waals surface area contributed by atoms with Crippen LogP contribution in [0.15, 0.2) is 52.9 Å². The van der Waals surface area contributed by atoms with Gasteiger partial charge >= 0.3 is 0 Å². The molecule has 0 amide bonds. The molecule has 0 bridgehead atoms. The monoisotopic (exact) mass is 360 g/mol. The van der Waals surface area contributed by atoms with Gasteiger partial charge in [0.2, 0.25) is 10.0 Å². The van der Waals surface area contributed by atoms with Crippen molar-refractivity contribution in [2.45, 2.75) is 31.7 Å². The molecule has 0 aliphatic heterocycles. The Morgan fingerprint density at radius 3 is 2.62 bits per heavy atom. The molecule has 3 aromatic rings. The van der Waals surface area contributed by atoms with E-state index >= 15 is 0 Å². The Kier molecular flexibility index (Phi) is 4.71. The van der Waals surface area contributed by atoms with Gasteiger partial charge in [-0.3, -0.25) is 4.98 Å². The van der Waals surface area contributed by atoms with Crippen LogP contribution in [0, 0.1) is 12.8 Å². The lowest BCUT2D eigenvalue weighted by molar-refractivity contribution is 0.469. The van der Waals surface area contributed by atoms with Gasteiger partial charge in [-0.15, -0.1) is 11.3 Å². The van der Waals surface area contributed by atoms with E-state index in [0.717, 1.165) is 15.8 Å². The van der Waals surface area contributed by atoms with Crippen molar-refractivity contribution >= 4 is 32.3 Å². The summed E-state index contributed by atoms with van der Waals surface area (Å²) in [5.74, 6) is 0.142. The van der Waals surface area contributed by atoms with Crippen LogP contribution >= 0.6 is 11.3 Å². The molecule has 0 unspecified atom stereocenters. The van der Waals surface area contributed by atoms with Gasteiger partial charge in [-0.25, -0.2) is 13.1 Å². The van der Waals surface area contributed by atoms with E-state index in [1.54, 1.807) is 29.7 Å². The lowest BCUT2D eigenvalue weighted by atomic mass is 10.0. The van der Waals surface area contributed by atoms with E-state index in [4.69, 9.17) is 0 Å². The fraction of sp³-hybridized carbons (Fsp3) is 0.278. The number of sulfonamides is 1. The zero-order valence-electron chi connectivity index (χ0n) is 13.9. The van der Waals surface area contributed by atoms with Gasteiger partial charge in [0.15, 0.2) is 0 Å². The summed E-state index contributed by atoms with van der Waals surface area (Å²) in [7, 11) is -3.68. The first-order valence-corrected chi connectivity index (χ1v) is 10.2. The van der Waals surface area contributed by atoms with Gasteiger partial charge in [0.05, 0.1) is 11.6 Å². The second kappa shape index (κ2) is 6.63. The maximum atomic E-state index is 13.0. The number of rotatable bonds is 5. The number of benzene rings is 1. The first-order valence-electron chi connectivity index (χ1n) is 7.79. The van der Waals surface area contributed by atoms with Crippen LogP contribution in [0.1, 0.15) is 30.3 Å². The standard InChI is InChI=1S/C18H20N2O2S2/c1-12(2)17(15-7-5-9-23-15)20-24(21,22)16-8-4-6-14-10-13(3)11-19-18(14)16/h4-12,17,20H,1-3H3/t17-/m1/s1. The van der Waals surface area contributed by atoms with Gasteiger partial charge in [-0.05, 0) is 42.0 Å². The van der Waals surface area contributed by atoms with Gasteiger partial charge in [-0.1, -0.05) is 32.0 Å². The highest BCUT2D eigenvalue weighted by Crippen LogP contribution is 2.29. The Bertz CT molecular complexity index is 948. The normalized spacial score (nSPS) is 13.5. The van der Waals surface area contributed by atoms with Crippen molar-refractivity contribution in [2.75, 3.05) is 0 Å². The Morgan fingerprint density at radius 2 is 1.96 bits per heavy atom. The van der Waals surface area contributed by atoms with E-state index in [1.165, 1.54) is 0 Å². The summed E-state index contributed by atoms with van der Waals surface area (Å²) in [6.07, 6.45) is 1.69. The SMILES string of the molecule is Cc1cnc2c(S(=O)(=O)N[C@@H](c3cccs3)C(C)C)cccc2c1. The molecule has 0 saturated heterocycles. The third kappa shape index (κ3) is 3.36. The largest absolute Gasteiger partial charge is 0.255 e. The van der Waals surface area contributed by atoms with Gasteiger partial charge in [0.25, 0.3) is 0 Å². The predicted octanol–water partition coefficient (Wildman–Crippen LogP) is 4.28. The number of thiophene rings is 1. The third-order valence-electron chi connectivity index (χ3n) is 3.90. The molecular formula is C18H20N2O2S2. The van der Waals surface area contributed by atoms with Crippen LogP contribution in [0.5, 0.6) is 0 Å². The molecule has 1 aromatic carbocycles. The molecule has 0 saturated carbocycles. The molecule has 0 spiro atoms. The maximum absolute atomic E-state index is 13.0. The fourth-order valence-corrected chi connectivity index (χ4v) is 5.25. The molecule has 1 atom stereocenters. The maximum Gasteiger partial charge on any atom is 0.243 e. The summed E-state index contributed by atoms with van der Waals surface area (Å²) in [6, 6.07) is 10.8. The van der Waals surface area contributed by atoms with Crippen LogP contribution in [0.3, 0.4) is 0 Å². The zero-order chi connectivity index (χ0) is 17.3. The molecule has 2 aromatic heterocycles. The molecule has 4 nitrogen and oxygen atoms in total. The van der Waals surface area contributed by atoms with Crippen LogP contribution in [-0.4, -0.2) is 13.4 Å². The number of nitrogens with zero attached hydrogens (tertiary/aromatic N) is 1.